The molecule has 0 saturated heterocycles. The Morgan fingerprint density at radius 3 is 2.80 bits per heavy atom. The number of aromatic hydroxyl groups is 2. The molecule has 2 aromatic carbocycles. The van der Waals surface area contributed by atoms with Crippen molar-refractivity contribution < 1.29 is 19.7 Å². The summed E-state index contributed by atoms with van der Waals surface area (Å²) in [6.45, 7) is 0. The van der Waals surface area contributed by atoms with E-state index in [9.17, 15) is 10.2 Å². The molecule has 3 rings (SSSR count). The minimum absolute atomic E-state index is 0.0983. The first-order valence-electron chi connectivity index (χ1n) is 6.53. The van der Waals surface area contributed by atoms with E-state index in [1.54, 1.807) is 24.3 Å². The molecule has 1 aliphatic heterocycles. The van der Waals surface area contributed by atoms with Crippen molar-refractivity contribution in [3.63, 3.8) is 0 Å². The predicted molar refractivity (Wildman–Crippen MR) is 74.5 cm³/mol. The van der Waals surface area contributed by atoms with Crippen LogP contribution in [0.15, 0.2) is 36.4 Å². The average Bonchev–Trinajstić information content (AvgIpc) is 2.47. The van der Waals surface area contributed by atoms with Crippen LogP contribution in [0.3, 0.4) is 0 Å². The van der Waals surface area contributed by atoms with Crippen molar-refractivity contribution >= 4 is 0 Å². The molecular formula is C16H16O4. The zero-order chi connectivity index (χ0) is 14.1. The Morgan fingerprint density at radius 1 is 1.15 bits per heavy atom. The summed E-state index contributed by atoms with van der Waals surface area (Å²) in [4.78, 5) is 0. The standard InChI is InChI=1S/C16H16O4/c1-19-16-8-11(3-6-13(16)18)14-7-4-10-2-5-12(17)9-15(10)20-14/h2-3,5-6,8-9,14,17-18H,4,7H2,1H3. The Labute approximate surface area is 117 Å². The van der Waals surface area contributed by atoms with Gasteiger partial charge in [0.15, 0.2) is 11.5 Å². The van der Waals surface area contributed by atoms with E-state index in [1.165, 1.54) is 7.11 Å². The lowest BCUT2D eigenvalue weighted by molar-refractivity contribution is 0.175. The highest BCUT2D eigenvalue weighted by Gasteiger charge is 2.22. The quantitative estimate of drug-likeness (QED) is 0.881. The molecule has 4 nitrogen and oxygen atoms in total. The van der Waals surface area contributed by atoms with Crippen LogP contribution in [-0.2, 0) is 6.42 Å². The van der Waals surface area contributed by atoms with Crippen molar-refractivity contribution in [3.8, 4) is 23.0 Å². The van der Waals surface area contributed by atoms with Crippen molar-refractivity contribution in [2.45, 2.75) is 18.9 Å². The van der Waals surface area contributed by atoms with Crippen molar-refractivity contribution in [1.82, 2.24) is 0 Å². The zero-order valence-electron chi connectivity index (χ0n) is 11.2. The number of hydrogen-bond acceptors (Lipinski definition) is 4. The summed E-state index contributed by atoms with van der Waals surface area (Å²) in [6, 6.07) is 10.4. The van der Waals surface area contributed by atoms with Gasteiger partial charge in [-0.05, 0) is 42.2 Å². The molecule has 0 spiro atoms. The maximum atomic E-state index is 9.63. The maximum Gasteiger partial charge on any atom is 0.160 e. The third kappa shape index (κ3) is 2.25. The lowest BCUT2D eigenvalue weighted by Crippen LogP contribution is -2.15. The minimum atomic E-state index is -0.0983. The molecule has 2 N–H and O–H groups in total. The van der Waals surface area contributed by atoms with Crippen LogP contribution >= 0.6 is 0 Å². The molecule has 4 heteroatoms. The van der Waals surface area contributed by atoms with Gasteiger partial charge in [0.25, 0.3) is 0 Å². The van der Waals surface area contributed by atoms with Gasteiger partial charge in [0, 0.05) is 6.07 Å². The molecule has 20 heavy (non-hydrogen) atoms. The van der Waals surface area contributed by atoms with Crippen molar-refractivity contribution in [2.75, 3.05) is 7.11 Å². The first kappa shape index (κ1) is 12.7. The van der Waals surface area contributed by atoms with Crippen LogP contribution in [0.4, 0.5) is 0 Å². The monoisotopic (exact) mass is 272 g/mol. The number of fused-ring (bicyclic) bond motifs is 1. The second-order valence-corrected chi connectivity index (χ2v) is 4.87. The van der Waals surface area contributed by atoms with E-state index in [4.69, 9.17) is 9.47 Å². The number of benzene rings is 2. The topological polar surface area (TPSA) is 58.9 Å². The van der Waals surface area contributed by atoms with Gasteiger partial charge in [-0.25, -0.2) is 0 Å². The van der Waals surface area contributed by atoms with E-state index >= 15 is 0 Å². The number of methoxy groups -OCH3 is 1. The lowest BCUT2D eigenvalue weighted by atomic mass is 9.97. The van der Waals surface area contributed by atoms with Crippen LogP contribution < -0.4 is 9.47 Å². The van der Waals surface area contributed by atoms with Gasteiger partial charge in [0.1, 0.15) is 17.6 Å². The number of phenols is 2. The van der Waals surface area contributed by atoms with Gasteiger partial charge in [-0.2, -0.15) is 0 Å². The van der Waals surface area contributed by atoms with Crippen molar-refractivity contribution in [1.29, 1.82) is 0 Å². The van der Waals surface area contributed by atoms with Crippen LogP contribution in [0.2, 0.25) is 0 Å². The van der Waals surface area contributed by atoms with Gasteiger partial charge in [-0.15, -0.1) is 0 Å². The van der Waals surface area contributed by atoms with E-state index in [2.05, 4.69) is 0 Å². The highest BCUT2D eigenvalue weighted by molar-refractivity contribution is 5.45. The molecule has 104 valence electrons. The summed E-state index contributed by atoms with van der Waals surface area (Å²) in [7, 11) is 1.52. The van der Waals surface area contributed by atoms with Crippen molar-refractivity contribution in [3.05, 3.63) is 47.5 Å². The van der Waals surface area contributed by atoms with E-state index in [-0.39, 0.29) is 17.6 Å². The maximum absolute atomic E-state index is 9.63. The van der Waals surface area contributed by atoms with E-state index in [0.717, 1.165) is 24.0 Å². The molecule has 0 saturated carbocycles. The lowest BCUT2D eigenvalue weighted by Gasteiger charge is -2.26. The number of ether oxygens (including phenoxy) is 2. The van der Waals surface area contributed by atoms with Gasteiger partial charge >= 0.3 is 0 Å². The molecule has 0 bridgehead atoms. The van der Waals surface area contributed by atoms with Crippen LogP contribution in [0.1, 0.15) is 23.7 Å². The fourth-order valence-corrected chi connectivity index (χ4v) is 2.49. The van der Waals surface area contributed by atoms with Gasteiger partial charge in [0.2, 0.25) is 0 Å². The predicted octanol–water partition coefficient (Wildman–Crippen LogP) is 3.17. The molecule has 1 aliphatic rings. The number of rotatable bonds is 2. The summed E-state index contributed by atoms with van der Waals surface area (Å²) in [5, 5.41) is 19.2. The number of aryl methyl sites for hydroxylation is 1. The normalized spacial score (nSPS) is 17.1. The van der Waals surface area contributed by atoms with E-state index < -0.39 is 0 Å². The third-order valence-corrected chi connectivity index (χ3v) is 3.57. The molecule has 1 unspecified atom stereocenters. The first-order valence-corrected chi connectivity index (χ1v) is 6.53. The Bertz CT molecular complexity index is 636. The van der Waals surface area contributed by atoms with Crippen molar-refractivity contribution in [2.24, 2.45) is 0 Å². The average molecular weight is 272 g/mol. The van der Waals surface area contributed by atoms with E-state index in [0.29, 0.717) is 11.5 Å². The second kappa shape index (κ2) is 4.96. The fourth-order valence-electron chi connectivity index (χ4n) is 2.49. The number of phenolic OH excluding ortho intramolecular Hbond substituents is 2. The second-order valence-electron chi connectivity index (χ2n) is 4.87. The molecular weight excluding hydrogens is 256 g/mol. The van der Waals surface area contributed by atoms with Crippen LogP contribution in [-0.4, -0.2) is 17.3 Å². The molecule has 0 radical (unpaired) electrons. The summed E-state index contributed by atoms with van der Waals surface area (Å²) >= 11 is 0. The molecule has 2 aromatic rings. The molecule has 1 heterocycles. The SMILES string of the molecule is COc1cc(C2CCc3ccc(O)cc3O2)ccc1O. The smallest absolute Gasteiger partial charge is 0.160 e. The van der Waals surface area contributed by atoms with Gasteiger partial charge in [-0.3, -0.25) is 0 Å². The van der Waals surface area contributed by atoms with Crippen LogP contribution in [0, 0.1) is 0 Å². The molecule has 0 aliphatic carbocycles. The summed E-state index contributed by atoms with van der Waals surface area (Å²) in [5.41, 5.74) is 2.05. The minimum Gasteiger partial charge on any atom is -0.508 e. The number of hydrogen-bond donors (Lipinski definition) is 2. The van der Waals surface area contributed by atoms with E-state index in [1.807, 2.05) is 12.1 Å². The molecule has 1 atom stereocenters. The third-order valence-electron chi connectivity index (χ3n) is 3.57. The Hall–Kier alpha value is -2.36. The van der Waals surface area contributed by atoms with Gasteiger partial charge in [0.05, 0.1) is 7.11 Å². The zero-order valence-corrected chi connectivity index (χ0v) is 11.2. The van der Waals surface area contributed by atoms with Gasteiger partial charge in [-0.1, -0.05) is 12.1 Å². The summed E-state index contributed by atoms with van der Waals surface area (Å²) < 4.78 is 11.1. The Balaban J connectivity index is 1.90. The molecule has 0 fully saturated rings. The highest BCUT2D eigenvalue weighted by Crippen LogP contribution is 2.38. The first-order chi connectivity index (χ1) is 9.67. The molecule has 0 amide bonds. The largest absolute Gasteiger partial charge is 0.508 e. The Kier molecular flexibility index (Phi) is 3.14. The highest BCUT2D eigenvalue weighted by atomic mass is 16.5. The molecule has 0 aromatic heterocycles. The summed E-state index contributed by atoms with van der Waals surface area (Å²) in [6.07, 6.45) is 1.65. The van der Waals surface area contributed by atoms with Crippen LogP contribution in [0.25, 0.3) is 0 Å². The van der Waals surface area contributed by atoms with Gasteiger partial charge < -0.3 is 19.7 Å². The Morgan fingerprint density at radius 2 is 2.00 bits per heavy atom. The summed E-state index contributed by atoms with van der Waals surface area (Å²) in [5.74, 6) is 1.47. The fraction of sp³-hybridized carbons (Fsp3) is 0.250. The van der Waals surface area contributed by atoms with Crippen LogP contribution in [0.5, 0.6) is 23.0 Å².